The van der Waals surface area contributed by atoms with E-state index in [4.69, 9.17) is 4.74 Å². The number of nitrogens with zero attached hydrogens (tertiary/aromatic N) is 3. The SMILES string of the molecule is C[C@H](NC(=O)NC[C@@H]1CCCO1)c1nncn1C. The number of ether oxygens (including phenoxy) is 1. The number of urea groups is 1. The van der Waals surface area contributed by atoms with Crippen LogP contribution in [0.4, 0.5) is 4.79 Å². The van der Waals surface area contributed by atoms with Crippen molar-refractivity contribution in [3.05, 3.63) is 12.2 Å². The van der Waals surface area contributed by atoms with Crippen LogP contribution in [0.15, 0.2) is 6.33 Å². The van der Waals surface area contributed by atoms with E-state index in [1.807, 2.05) is 14.0 Å². The number of rotatable bonds is 4. The molecule has 1 aromatic rings. The van der Waals surface area contributed by atoms with Crippen LogP contribution >= 0.6 is 0 Å². The summed E-state index contributed by atoms with van der Waals surface area (Å²) in [6, 6.07) is -0.386. The molecule has 0 saturated carbocycles. The molecule has 0 radical (unpaired) electrons. The van der Waals surface area contributed by atoms with Crippen LogP contribution in [0.1, 0.15) is 31.6 Å². The highest BCUT2D eigenvalue weighted by Crippen LogP contribution is 2.10. The molecule has 7 nitrogen and oxygen atoms in total. The standard InChI is InChI=1S/C11H19N5O2/c1-8(10-15-13-7-16(10)2)14-11(17)12-6-9-4-3-5-18-9/h7-9H,3-6H2,1-2H3,(H2,12,14,17)/t8-,9-/m0/s1. The van der Waals surface area contributed by atoms with Gasteiger partial charge in [-0.2, -0.15) is 0 Å². The zero-order chi connectivity index (χ0) is 13.0. The Bertz CT molecular complexity index is 400. The molecule has 1 saturated heterocycles. The van der Waals surface area contributed by atoms with Gasteiger partial charge >= 0.3 is 6.03 Å². The van der Waals surface area contributed by atoms with Gasteiger partial charge in [-0.05, 0) is 19.8 Å². The average Bonchev–Trinajstić information content (AvgIpc) is 2.97. The zero-order valence-electron chi connectivity index (χ0n) is 10.7. The Labute approximate surface area is 106 Å². The Morgan fingerprint density at radius 3 is 3.17 bits per heavy atom. The van der Waals surface area contributed by atoms with Crippen molar-refractivity contribution >= 4 is 6.03 Å². The Morgan fingerprint density at radius 2 is 2.56 bits per heavy atom. The summed E-state index contributed by atoms with van der Waals surface area (Å²) in [5.74, 6) is 0.724. The van der Waals surface area contributed by atoms with Gasteiger partial charge in [0.25, 0.3) is 0 Å². The van der Waals surface area contributed by atoms with Crippen LogP contribution in [-0.2, 0) is 11.8 Å². The molecule has 18 heavy (non-hydrogen) atoms. The molecule has 1 aliphatic heterocycles. The lowest BCUT2D eigenvalue weighted by Gasteiger charge is -2.15. The molecule has 2 rings (SSSR count). The highest BCUT2D eigenvalue weighted by atomic mass is 16.5. The van der Waals surface area contributed by atoms with E-state index < -0.39 is 0 Å². The summed E-state index contributed by atoms with van der Waals surface area (Å²) >= 11 is 0. The van der Waals surface area contributed by atoms with Gasteiger partial charge in [0.05, 0.1) is 12.1 Å². The molecule has 7 heteroatoms. The van der Waals surface area contributed by atoms with Gasteiger partial charge in [-0.1, -0.05) is 0 Å². The van der Waals surface area contributed by atoms with Crippen LogP contribution in [0.2, 0.25) is 0 Å². The molecule has 1 aliphatic rings. The molecule has 0 aromatic carbocycles. The molecule has 100 valence electrons. The van der Waals surface area contributed by atoms with Gasteiger partial charge in [0, 0.05) is 20.2 Å². The number of nitrogens with one attached hydrogen (secondary N) is 2. The van der Waals surface area contributed by atoms with Crippen molar-refractivity contribution in [2.45, 2.75) is 31.9 Å². The third kappa shape index (κ3) is 3.19. The van der Waals surface area contributed by atoms with E-state index in [9.17, 15) is 4.79 Å². The Balaban J connectivity index is 1.75. The van der Waals surface area contributed by atoms with Gasteiger partial charge in [0.1, 0.15) is 6.33 Å². The van der Waals surface area contributed by atoms with Crippen LogP contribution in [0.5, 0.6) is 0 Å². The molecule has 2 N–H and O–H groups in total. The van der Waals surface area contributed by atoms with E-state index in [1.54, 1.807) is 10.9 Å². The van der Waals surface area contributed by atoms with Crippen molar-refractivity contribution < 1.29 is 9.53 Å². The number of carbonyl (C=O) groups excluding carboxylic acids is 1. The Morgan fingerprint density at radius 1 is 1.72 bits per heavy atom. The van der Waals surface area contributed by atoms with Crippen LogP contribution < -0.4 is 10.6 Å². The van der Waals surface area contributed by atoms with E-state index in [2.05, 4.69) is 20.8 Å². The number of hydrogen-bond acceptors (Lipinski definition) is 4. The minimum Gasteiger partial charge on any atom is -0.376 e. The van der Waals surface area contributed by atoms with Crippen molar-refractivity contribution in [3.8, 4) is 0 Å². The molecule has 0 spiro atoms. The van der Waals surface area contributed by atoms with Crippen molar-refractivity contribution in [3.63, 3.8) is 0 Å². The number of hydrogen-bond donors (Lipinski definition) is 2. The fraction of sp³-hybridized carbons (Fsp3) is 0.727. The van der Waals surface area contributed by atoms with E-state index in [1.165, 1.54) is 0 Å². The lowest BCUT2D eigenvalue weighted by atomic mass is 10.2. The molecule has 1 aromatic heterocycles. The van der Waals surface area contributed by atoms with Crippen molar-refractivity contribution in [2.75, 3.05) is 13.2 Å². The predicted octanol–water partition coefficient (Wildman–Crippen LogP) is 0.354. The monoisotopic (exact) mass is 253 g/mol. The first-order chi connectivity index (χ1) is 8.66. The number of aromatic nitrogens is 3. The maximum Gasteiger partial charge on any atom is 0.315 e. The maximum atomic E-state index is 11.7. The van der Waals surface area contributed by atoms with Gasteiger partial charge in [0.15, 0.2) is 5.82 Å². The molecule has 2 heterocycles. The summed E-state index contributed by atoms with van der Waals surface area (Å²) < 4.78 is 7.21. The van der Waals surface area contributed by atoms with E-state index in [0.29, 0.717) is 6.54 Å². The van der Waals surface area contributed by atoms with Crippen LogP contribution in [-0.4, -0.2) is 40.1 Å². The highest BCUT2D eigenvalue weighted by Gasteiger charge is 2.18. The first-order valence-corrected chi connectivity index (χ1v) is 6.16. The van der Waals surface area contributed by atoms with Crippen molar-refractivity contribution in [2.24, 2.45) is 7.05 Å². The van der Waals surface area contributed by atoms with E-state index >= 15 is 0 Å². The second kappa shape index (κ2) is 5.81. The first kappa shape index (κ1) is 12.8. The number of amides is 2. The number of carbonyl (C=O) groups is 1. The second-order valence-electron chi connectivity index (χ2n) is 4.51. The van der Waals surface area contributed by atoms with Gasteiger partial charge in [0.2, 0.25) is 0 Å². The summed E-state index contributed by atoms with van der Waals surface area (Å²) in [6.07, 6.45) is 3.85. The van der Waals surface area contributed by atoms with E-state index in [0.717, 1.165) is 25.3 Å². The fourth-order valence-corrected chi connectivity index (χ4v) is 2.01. The lowest BCUT2D eigenvalue weighted by Crippen LogP contribution is -2.41. The number of aryl methyl sites for hydroxylation is 1. The molecular weight excluding hydrogens is 234 g/mol. The van der Waals surface area contributed by atoms with Crippen LogP contribution in [0.25, 0.3) is 0 Å². The summed E-state index contributed by atoms with van der Waals surface area (Å²) in [5.41, 5.74) is 0. The molecule has 0 unspecified atom stereocenters. The van der Waals surface area contributed by atoms with Gasteiger partial charge in [-0.15, -0.1) is 10.2 Å². The minimum absolute atomic E-state index is 0.154. The summed E-state index contributed by atoms with van der Waals surface area (Å²) in [6.45, 7) is 3.22. The minimum atomic E-state index is -0.207. The molecular formula is C11H19N5O2. The Kier molecular flexibility index (Phi) is 4.14. The predicted molar refractivity (Wildman–Crippen MR) is 64.9 cm³/mol. The normalized spacial score (nSPS) is 20.7. The molecule has 1 fully saturated rings. The van der Waals surface area contributed by atoms with Crippen molar-refractivity contribution in [1.29, 1.82) is 0 Å². The Hall–Kier alpha value is -1.63. The third-order valence-electron chi connectivity index (χ3n) is 3.00. The topological polar surface area (TPSA) is 81.1 Å². The lowest BCUT2D eigenvalue weighted by molar-refractivity contribution is 0.111. The van der Waals surface area contributed by atoms with Gasteiger partial charge in [-0.25, -0.2) is 4.79 Å². The highest BCUT2D eigenvalue weighted by molar-refractivity contribution is 5.74. The van der Waals surface area contributed by atoms with Crippen molar-refractivity contribution in [1.82, 2.24) is 25.4 Å². The fourth-order valence-electron chi connectivity index (χ4n) is 2.01. The smallest absolute Gasteiger partial charge is 0.315 e. The third-order valence-corrected chi connectivity index (χ3v) is 3.00. The van der Waals surface area contributed by atoms with Crippen LogP contribution in [0, 0.1) is 0 Å². The average molecular weight is 253 g/mol. The quantitative estimate of drug-likeness (QED) is 0.811. The summed E-state index contributed by atoms with van der Waals surface area (Å²) in [5, 5.41) is 13.4. The van der Waals surface area contributed by atoms with Gasteiger partial charge in [-0.3, -0.25) is 0 Å². The van der Waals surface area contributed by atoms with Gasteiger partial charge < -0.3 is 19.9 Å². The molecule has 2 atom stereocenters. The first-order valence-electron chi connectivity index (χ1n) is 6.16. The molecule has 0 bridgehead atoms. The largest absolute Gasteiger partial charge is 0.376 e. The maximum absolute atomic E-state index is 11.7. The van der Waals surface area contributed by atoms with E-state index in [-0.39, 0.29) is 18.2 Å². The summed E-state index contributed by atoms with van der Waals surface area (Å²) in [7, 11) is 1.85. The second-order valence-corrected chi connectivity index (χ2v) is 4.51. The van der Waals surface area contributed by atoms with Crippen LogP contribution in [0.3, 0.4) is 0 Å². The molecule has 0 aliphatic carbocycles. The molecule has 2 amide bonds. The zero-order valence-corrected chi connectivity index (χ0v) is 10.7. The summed E-state index contributed by atoms with van der Waals surface area (Å²) in [4.78, 5) is 11.7.